The first-order valence-corrected chi connectivity index (χ1v) is 8.15. The molecular formula is C16H19F6N3O2. The summed E-state index contributed by atoms with van der Waals surface area (Å²) in [6.45, 7) is 0.000597. The number of carbonyl (C=O) groups excluding carboxylic acids is 1. The average molecular weight is 399 g/mol. The van der Waals surface area contributed by atoms with Crippen LogP contribution in [0.3, 0.4) is 0 Å². The van der Waals surface area contributed by atoms with Gasteiger partial charge in [-0.2, -0.15) is 26.3 Å². The van der Waals surface area contributed by atoms with Gasteiger partial charge in [-0.1, -0.05) is 0 Å². The van der Waals surface area contributed by atoms with Crippen molar-refractivity contribution in [2.75, 3.05) is 13.2 Å². The van der Waals surface area contributed by atoms with Crippen LogP contribution in [0.15, 0.2) is 12.3 Å². The summed E-state index contributed by atoms with van der Waals surface area (Å²) < 4.78 is 79.4. The molecule has 0 aliphatic heterocycles. The Balaban J connectivity index is 1.79. The number of hydrogen-bond acceptors (Lipinski definition) is 3. The van der Waals surface area contributed by atoms with Crippen molar-refractivity contribution in [2.24, 2.45) is 5.41 Å². The second-order valence-corrected chi connectivity index (χ2v) is 6.49. The Kier molecular flexibility index (Phi) is 6.10. The van der Waals surface area contributed by atoms with Gasteiger partial charge >= 0.3 is 18.4 Å². The second-order valence-electron chi connectivity index (χ2n) is 6.49. The summed E-state index contributed by atoms with van der Waals surface area (Å²) in [6.07, 6.45) is -7.52. The largest absolute Gasteiger partial charge is 0.468 e. The minimum absolute atomic E-state index is 0.0347. The van der Waals surface area contributed by atoms with E-state index < -0.39 is 30.4 Å². The van der Waals surface area contributed by atoms with Gasteiger partial charge in [0.15, 0.2) is 6.61 Å². The average Bonchev–Trinajstić information content (AvgIpc) is 3.33. The van der Waals surface area contributed by atoms with Crippen LogP contribution in [0.1, 0.15) is 30.4 Å². The number of carbonyl (C=O) groups is 1. The monoisotopic (exact) mass is 399 g/mol. The number of rotatable bonds is 7. The molecule has 0 atom stereocenters. The summed E-state index contributed by atoms with van der Waals surface area (Å²) in [7, 11) is 0. The number of nitrogens with zero attached hydrogens (tertiary/aromatic N) is 1. The van der Waals surface area contributed by atoms with Gasteiger partial charge in [0.2, 0.25) is 5.88 Å². The predicted octanol–water partition coefficient (Wildman–Crippen LogP) is 3.86. The number of halogens is 6. The molecule has 27 heavy (non-hydrogen) atoms. The number of aryl methyl sites for hydroxylation is 1. The summed E-state index contributed by atoms with van der Waals surface area (Å²) in [6, 6.07) is 0.603. The molecular weight excluding hydrogens is 380 g/mol. The van der Waals surface area contributed by atoms with Crippen molar-refractivity contribution in [2.45, 2.75) is 45.1 Å². The fourth-order valence-electron chi connectivity index (χ4n) is 2.45. The van der Waals surface area contributed by atoms with Crippen LogP contribution in [-0.4, -0.2) is 36.5 Å². The Bertz CT molecular complexity index is 671. The van der Waals surface area contributed by atoms with Gasteiger partial charge in [0, 0.05) is 25.4 Å². The van der Waals surface area contributed by atoms with Gasteiger partial charge in [-0.15, -0.1) is 0 Å². The number of nitrogens with one attached hydrogen (secondary N) is 2. The van der Waals surface area contributed by atoms with E-state index in [9.17, 15) is 31.1 Å². The molecule has 1 heterocycles. The highest BCUT2D eigenvalue weighted by Gasteiger charge is 2.62. The first-order chi connectivity index (χ1) is 12.4. The predicted molar refractivity (Wildman–Crippen MR) is 83.1 cm³/mol. The number of alkyl halides is 6. The Morgan fingerprint density at radius 2 is 1.89 bits per heavy atom. The molecule has 1 aliphatic carbocycles. The fraction of sp³-hybridized carbons (Fsp3) is 0.625. The van der Waals surface area contributed by atoms with Crippen LogP contribution in [0.5, 0.6) is 5.88 Å². The van der Waals surface area contributed by atoms with Gasteiger partial charge in [0.05, 0.1) is 5.41 Å². The number of pyridine rings is 1. The van der Waals surface area contributed by atoms with E-state index in [1.165, 1.54) is 12.3 Å². The van der Waals surface area contributed by atoms with Crippen molar-refractivity contribution >= 4 is 6.03 Å². The summed E-state index contributed by atoms with van der Waals surface area (Å²) in [5.41, 5.74) is -0.595. The zero-order valence-corrected chi connectivity index (χ0v) is 14.4. The lowest BCUT2D eigenvalue weighted by atomic mass is 10.0. The molecule has 0 aromatic carbocycles. The van der Waals surface area contributed by atoms with Crippen molar-refractivity contribution in [3.05, 3.63) is 23.4 Å². The third kappa shape index (κ3) is 6.17. The lowest BCUT2D eigenvalue weighted by molar-refractivity contribution is -0.188. The van der Waals surface area contributed by atoms with Crippen LogP contribution >= 0.6 is 0 Å². The molecule has 1 aromatic heterocycles. The van der Waals surface area contributed by atoms with Crippen LogP contribution in [0.4, 0.5) is 31.1 Å². The number of aromatic nitrogens is 1. The van der Waals surface area contributed by atoms with E-state index in [1.54, 1.807) is 6.92 Å². The second kappa shape index (κ2) is 7.81. The summed E-state index contributed by atoms with van der Waals surface area (Å²) in [4.78, 5) is 15.4. The lowest BCUT2D eigenvalue weighted by Crippen LogP contribution is -2.38. The molecule has 11 heteroatoms. The SMILES string of the molecule is Cc1cnc(OCC(F)(F)F)cc1CNC(=O)NCCC1(C(F)(F)F)CC1. The zero-order chi connectivity index (χ0) is 20.3. The van der Waals surface area contributed by atoms with Gasteiger partial charge in [-0.25, -0.2) is 9.78 Å². The molecule has 2 amide bonds. The van der Waals surface area contributed by atoms with Gasteiger partial charge in [-0.3, -0.25) is 0 Å². The Morgan fingerprint density at radius 3 is 2.44 bits per heavy atom. The van der Waals surface area contributed by atoms with E-state index >= 15 is 0 Å². The summed E-state index contributed by atoms with van der Waals surface area (Å²) in [5, 5.41) is 4.80. The smallest absolute Gasteiger partial charge is 0.422 e. The Hall–Kier alpha value is -2.20. The van der Waals surface area contributed by atoms with Crippen molar-refractivity contribution in [3.63, 3.8) is 0 Å². The molecule has 2 N–H and O–H groups in total. The van der Waals surface area contributed by atoms with E-state index in [-0.39, 0.29) is 38.2 Å². The quantitative estimate of drug-likeness (QED) is 0.685. The molecule has 0 radical (unpaired) electrons. The van der Waals surface area contributed by atoms with Crippen LogP contribution in [-0.2, 0) is 6.54 Å². The topological polar surface area (TPSA) is 63.2 Å². The van der Waals surface area contributed by atoms with E-state index in [1.807, 2.05) is 0 Å². The number of urea groups is 1. The molecule has 0 saturated heterocycles. The van der Waals surface area contributed by atoms with E-state index in [4.69, 9.17) is 0 Å². The fourth-order valence-corrected chi connectivity index (χ4v) is 2.45. The molecule has 1 aromatic rings. The normalized spacial score (nSPS) is 16.0. The minimum atomic E-state index is -4.50. The van der Waals surface area contributed by atoms with Gasteiger partial charge in [-0.05, 0) is 37.3 Å². The zero-order valence-electron chi connectivity index (χ0n) is 14.4. The highest BCUT2D eigenvalue weighted by Crippen LogP contribution is 2.59. The molecule has 1 aliphatic rings. The van der Waals surface area contributed by atoms with Crippen molar-refractivity contribution in [1.82, 2.24) is 15.6 Å². The summed E-state index contributed by atoms with van der Waals surface area (Å²) in [5.74, 6) is -0.240. The molecule has 1 fully saturated rings. The highest BCUT2D eigenvalue weighted by molar-refractivity contribution is 5.73. The number of ether oxygens (including phenoxy) is 1. The van der Waals surface area contributed by atoms with E-state index in [0.29, 0.717) is 11.1 Å². The number of hydrogen-bond donors (Lipinski definition) is 2. The molecule has 0 spiro atoms. The number of amides is 2. The van der Waals surface area contributed by atoms with Crippen LogP contribution in [0.2, 0.25) is 0 Å². The molecule has 0 bridgehead atoms. The van der Waals surface area contributed by atoms with Gasteiger partial charge in [0.25, 0.3) is 0 Å². The van der Waals surface area contributed by atoms with Crippen LogP contribution < -0.4 is 15.4 Å². The maximum Gasteiger partial charge on any atom is 0.422 e. The van der Waals surface area contributed by atoms with Crippen molar-refractivity contribution in [3.8, 4) is 5.88 Å². The van der Waals surface area contributed by atoms with Crippen molar-refractivity contribution in [1.29, 1.82) is 0 Å². The molecule has 152 valence electrons. The molecule has 2 rings (SSSR count). The lowest BCUT2D eigenvalue weighted by Gasteiger charge is -2.19. The van der Waals surface area contributed by atoms with Crippen LogP contribution in [0.25, 0.3) is 0 Å². The van der Waals surface area contributed by atoms with Gasteiger partial charge in [0.1, 0.15) is 0 Å². The minimum Gasteiger partial charge on any atom is -0.468 e. The van der Waals surface area contributed by atoms with Crippen LogP contribution in [0, 0.1) is 12.3 Å². The summed E-state index contributed by atoms with van der Waals surface area (Å²) >= 11 is 0. The maximum atomic E-state index is 12.8. The van der Waals surface area contributed by atoms with E-state index in [0.717, 1.165) is 0 Å². The third-order valence-electron chi connectivity index (χ3n) is 4.36. The molecule has 5 nitrogen and oxygen atoms in total. The molecule has 0 unspecified atom stereocenters. The Labute approximate surface area is 151 Å². The first-order valence-electron chi connectivity index (χ1n) is 8.15. The standard InChI is InChI=1S/C16H19F6N3O2/c1-10-7-24-12(27-9-15(17,18)19)6-11(10)8-25-13(26)23-5-4-14(2-3-14)16(20,21)22/h6-7H,2-5,8-9H2,1H3,(H2,23,25,26). The van der Waals surface area contributed by atoms with Crippen molar-refractivity contribution < 1.29 is 35.9 Å². The maximum absolute atomic E-state index is 12.8. The van der Waals surface area contributed by atoms with Gasteiger partial charge < -0.3 is 15.4 Å². The Morgan fingerprint density at radius 1 is 1.22 bits per heavy atom. The molecule has 1 saturated carbocycles. The first kappa shape index (κ1) is 21.1. The van der Waals surface area contributed by atoms with E-state index in [2.05, 4.69) is 20.4 Å². The highest BCUT2D eigenvalue weighted by atomic mass is 19.4. The third-order valence-corrected chi connectivity index (χ3v) is 4.36.